The lowest BCUT2D eigenvalue weighted by Crippen LogP contribution is -2.32. The van der Waals surface area contributed by atoms with E-state index in [0.717, 1.165) is 21.8 Å². The molecule has 96 valence electrons. The predicted octanol–water partition coefficient (Wildman–Crippen LogP) is 1.67. The summed E-state index contributed by atoms with van der Waals surface area (Å²) in [6.07, 6.45) is 0.193. The maximum atomic E-state index is 10.8. The quantitative estimate of drug-likeness (QED) is 0.663. The van der Waals surface area contributed by atoms with Gasteiger partial charge >= 0.3 is 5.97 Å². The van der Waals surface area contributed by atoms with Crippen LogP contribution in [0.5, 0.6) is 0 Å². The molecule has 0 saturated heterocycles. The van der Waals surface area contributed by atoms with Crippen molar-refractivity contribution in [2.24, 2.45) is 5.73 Å². The Kier molecular flexibility index (Phi) is 2.68. The van der Waals surface area contributed by atoms with Crippen molar-refractivity contribution < 1.29 is 9.90 Å². The third kappa shape index (κ3) is 2.04. The van der Waals surface area contributed by atoms with Crippen molar-refractivity contribution in [3.05, 3.63) is 42.2 Å². The fraction of sp³-hybridized carbons (Fsp3) is 0.143. The molecule has 0 fully saturated rings. The first-order valence-corrected chi connectivity index (χ1v) is 6.00. The zero-order chi connectivity index (χ0) is 13.4. The number of hydrogen-bond acceptors (Lipinski definition) is 3. The summed E-state index contributed by atoms with van der Waals surface area (Å²) in [5.74, 6) is -0.424. The van der Waals surface area contributed by atoms with E-state index < -0.39 is 12.0 Å². The van der Waals surface area contributed by atoms with Gasteiger partial charge in [0.25, 0.3) is 0 Å². The molecule has 0 unspecified atom stereocenters. The fourth-order valence-electron chi connectivity index (χ4n) is 2.19. The van der Waals surface area contributed by atoms with E-state index in [0.29, 0.717) is 5.82 Å². The van der Waals surface area contributed by atoms with Gasteiger partial charge in [0, 0.05) is 11.8 Å². The lowest BCUT2D eigenvalue weighted by atomic mass is 10.1. The molecule has 5 heteroatoms. The number of rotatable bonds is 3. The number of carboxylic acid groups (broad SMARTS) is 1. The first-order chi connectivity index (χ1) is 9.15. The summed E-state index contributed by atoms with van der Waals surface area (Å²) < 4.78 is 0. The summed E-state index contributed by atoms with van der Waals surface area (Å²) >= 11 is 0. The highest BCUT2D eigenvalue weighted by Crippen LogP contribution is 2.23. The minimum atomic E-state index is -1.02. The number of carboxylic acids is 1. The number of aliphatic carboxylic acids is 1. The Morgan fingerprint density at radius 1 is 1.32 bits per heavy atom. The first kappa shape index (κ1) is 11.7. The van der Waals surface area contributed by atoms with Gasteiger partial charge in [0.2, 0.25) is 0 Å². The zero-order valence-corrected chi connectivity index (χ0v) is 10.1. The molecule has 5 nitrogen and oxygen atoms in total. The van der Waals surface area contributed by atoms with Crippen LogP contribution in [0.4, 0.5) is 0 Å². The van der Waals surface area contributed by atoms with E-state index in [1.54, 1.807) is 0 Å². The molecule has 0 spiro atoms. The molecular formula is C14H13N3O2. The van der Waals surface area contributed by atoms with Gasteiger partial charge in [-0.05, 0) is 11.5 Å². The molecule has 3 aromatic rings. The number of aromatic nitrogens is 2. The number of hydrogen-bond donors (Lipinski definition) is 3. The number of benzene rings is 2. The summed E-state index contributed by atoms with van der Waals surface area (Å²) in [6, 6.07) is 11.0. The van der Waals surface area contributed by atoms with Gasteiger partial charge in [-0.25, -0.2) is 4.98 Å². The van der Waals surface area contributed by atoms with Crippen molar-refractivity contribution >= 4 is 27.8 Å². The van der Waals surface area contributed by atoms with Crippen molar-refractivity contribution in [2.45, 2.75) is 12.5 Å². The van der Waals surface area contributed by atoms with Crippen LogP contribution in [0.2, 0.25) is 0 Å². The van der Waals surface area contributed by atoms with Gasteiger partial charge in [0.05, 0.1) is 11.0 Å². The van der Waals surface area contributed by atoms with Crippen LogP contribution in [0.3, 0.4) is 0 Å². The monoisotopic (exact) mass is 255 g/mol. The highest BCUT2D eigenvalue weighted by molar-refractivity contribution is 6.04. The first-order valence-electron chi connectivity index (χ1n) is 6.00. The predicted molar refractivity (Wildman–Crippen MR) is 72.9 cm³/mol. The molecule has 0 amide bonds. The Bertz CT molecular complexity index is 764. The van der Waals surface area contributed by atoms with Crippen LogP contribution in [0, 0.1) is 0 Å². The Morgan fingerprint density at radius 3 is 2.89 bits per heavy atom. The van der Waals surface area contributed by atoms with Crippen molar-refractivity contribution in [3.63, 3.8) is 0 Å². The molecule has 2 aromatic carbocycles. The maximum absolute atomic E-state index is 10.8. The third-order valence-corrected chi connectivity index (χ3v) is 3.16. The molecule has 1 aromatic heterocycles. The third-order valence-electron chi connectivity index (χ3n) is 3.16. The smallest absolute Gasteiger partial charge is 0.320 e. The number of carbonyl (C=O) groups is 1. The minimum absolute atomic E-state index is 0.193. The maximum Gasteiger partial charge on any atom is 0.320 e. The molecule has 1 atom stereocenters. The van der Waals surface area contributed by atoms with Crippen molar-refractivity contribution in [3.8, 4) is 0 Å². The van der Waals surface area contributed by atoms with E-state index in [9.17, 15) is 4.79 Å². The number of nitrogens with one attached hydrogen (secondary N) is 1. The molecule has 1 heterocycles. The standard InChI is InChI=1S/C14H13N3O2/c15-10(14(18)19)7-12-16-11-6-5-8-3-1-2-4-9(8)13(11)17-12/h1-6,10H,7,15H2,(H,16,17)(H,18,19)/t10-/m0/s1. The zero-order valence-electron chi connectivity index (χ0n) is 10.1. The van der Waals surface area contributed by atoms with Crippen LogP contribution in [0.15, 0.2) is 36.4 Å². The lowest BCUT2D eigenvalue weighted by molar-refractivity contribution is -0.138. The molecule has 0 aliphatic rings. The van der Waals surface area contributed by atoms with Crippen LogP contribution in [-0.2, 0) is 11.2 Å². The Hall–Kier alpha value is -2.40. The average molecular weight is 255 g/mol. The van der Waals surface area contributed by atoms with Gasteiger partial charge < -0.3 is 15.8 Å². The number of nitrogens with zero attached hydrogens (tertiary/aromatic N) is 1. The largest absolute Gasteiger partial charge is 0.480 e. The summed E-state index contributed by atoms with van der Waals surface area (Å²) in [7, 11) is 0. The molecule has 0 radical (unpaired) electrons. The molecular weight excluding hydrogens is 242 g/mol. The second-order valence-electron chi connectivity index (χ2n) is 4.52. The van der Waals surface area contributed by atoms with Gasteiger partial charge in [-0.2, -0.15) is 0 Å². The van der Waals surface area contributed by atoms with E-state index in [-0.39, 0.29) is 6.42 Å². The fourth-order valence-corrected chi connectivity index (χ4v) is 2.19. The average Bonchev–Trinajstić information content (AvgIpc) is 2.81. The summed E-state index contributed by atoms with van der Waals surface area (Å²) in [4.78, 5) is 18.3. The van der Waals surface area contributed by atoms with Crippen LogP contribution in [0.1, 0.15) is 5.82 Å². The van der Waals surface area contributed by atoms with Gasteiger partial charge in [-0.1, -0.05) is 30.3 Å². The number of nitrogens with two attached hydrogens (primary N) is 1. The summed E-state index contributed by atoms with van der Waals surface area (Å²) in [6.45, 7) is 0. The summed E-state index contributed by atoms with van der Waals surface area (Å²) in [5.41, 5.74) is 7.27. The minimum Gasteiger partial charge on any atom is -0.480 e. The van der Waals surface area contributed by atoms with Gasteiger partial charge in [0.1, 0.15) is 11.9 Å². The highest BCUT2D eigenvalue weighted by atomic mass is 16.4. The van der Waals surface area contributed by atoms with Crippen LogP contribution < -0.4 is 5.73 Å². The number of aromatic amines is 1. The Labute approximate surface area is 109 Å². The molecule has 0 aliphatic heterocycles. The second kappa shape index (κ2) is 4.37. The second-order valence-corrected chi connectivity index (χ2v) is 4.52. The van der Waals surface area contributed by atoms with E-state index >= 15 is 0 Å². The van der Waals surface area contributed by atoms with E-state index in [1.807, 2.05) is 36.4 Å². The Morgan fingerprint density at radius 2 is 2.11 bits per heavy atom. The van der Waals surface area contributed by atoms with Crippen LogP contribution in [0.25, 0.3) is 21.8 Å². The van der Waals surface area contributed by atoms with Crippen LogP contribution in [-0.4, -0.2) is 27.1 Å². The topological polar surface area (TPSA) is 92.0 Å². The number of imidazole rings is 1. The van der Waals surface area contributed by atoms with Gasteiger partial charge in [0.15, 0.2) is 0 Å². The van der Waals surface area contributed by atoms with Crippen molar-refractivity contribution in [1.29, 1.82) is 0 Å². The molecule has 3 rings (SSSR count). The van der Waals surface area contributed by atoms with Gasteiger partial charge in [-0.15, -0.1) is 0 Å². The molecule has 4 N–H and O–H groups in total. The highest BCUT2D eigenvalue weighted by Gasteiger charge is 2.15. The normalized spacial score (nSPS) is 12.9. The lowest BCUT2D eigenvalue weighted by Gasteiger charge is -2.01. The SMILES string of the molecule is N[C@@H](Cc1nc2c(ccc3ccccc32)[nH]1)C(=O)O. The molecule has 19 heavy (non-hydrogen) atoms. The van der Waals surface area contributed by atoms with E-state index in [1.165, 1.54) is 0 Å². The number of H-pyrrole nitrogens is 1. The molecule has 0 saturated carbocycles. The Balaban J connectivity index is 2.10. The van der Waals surface area contributed by atoms with E-state index in [2.05, 4.69) is 9.97 Å². The molecule has 0 bridgehead atoms. The summed E-state index contributed by atoms with van der Waals surface area (Å²) in [5, 5.41) is 11.0. The van der Waals surface area contributed by atoms with Gasteiger partial charge in [-0.3, -0.25) is 4.79 Å². The van der Waals surface area contributed by atoms with E-state index in [4.69, 9.17) is 10.8 Å². The van der Waals surface area contributed by atoms with Crippen molar-refractivity contribution in [1.82, 2.24) is 9.97 Å². The van der Waals surface area contributed by atoms with Crippen molar-refractivity contribution in [2.75, 3.05) is 0 Å². The van der Waals surface area contributed by atoms with Crippen LogP contribution >= 0.6 is 0 Å². The number of fused-ring (bicyclic) bond motifs is 3. The molecule has 0 aliphatic carbocycles.